The number of fused-ring (bicyclic) bond motifs is 3. The van der Waals surface area contributed by atoms with Crippen LogP contribution in [-0.2, 0) is 14.5 Å². The Hall–Kier alpha value is -0.330. The zero-order valence-electron chi connectivity index (χ0n) is 22.6. The summed E-state index contributed by atoms with van der Waals surface area (Å²) >= 11 is 0. The molecule has 5 aliphatic heterocycles. The van der Waals surface area contributed by atoms with E-state index in [9.17, 15) is 4.21 Å². The van der Waals surface area contributed by atoms with Gasteiger partial charge in [0.25, 0.3) is 0 Å². The Bertz CT molecular complexity index is 885. The molecule has 0 aromatic rings. The second-order valence-electron chi connectivity index (χ2n) is 13.0. The van der Waals surface area contributed by atoms with Gasteiger partial charge in [-0.3, -0.25) is 30.4 Å². The Kier molecular flexibility index (Phi) is 7.33. The van der Waals surface area contributed by atoms with Crippen LogP contribution in [0.4, 0.5) is 0 Å². The molecule has 9 atom stereocenters. The largest absolute Gasteiger partial charge is 0.375 e. The standard InChI is InChI=1S/C25H49N7O2S/c1-16-10-11-26-20(12-16)29-23-27-14-17-22(30-23)32(18-13-24(2,3)34-15-25(17,18)4)21-9-7-8-19(28-21)31-35(5,6)33/h16-23,26-30H,7-15H2,1-6H3/t16?,17?,18-,19?,20?,21?,22?,23?,25-/m1/s1. The monoisotopic (exact) mass is 511 g/mol. The topological polar surface area (TPSA) is 102 Å². The Morgan fingerprint density at radius 2 is 1.91 bits per heavy atom. The maximum absolute atomic E-state index is 12.5. The average Bonchev–Trinajstić information content (AvgIpc) is 3.00. The molecule has 5 saturated heterocycles. The van der Waals surface area contributed by atoms with Gasteiger partial charge in [0.1, 0.15) is 12.5 Å². The number of hydrogen-bond acceptors (Lipinski definition) is 9. The number of hydrogen-bond donors (Lipinski definition) is 5. The third-order valence-corrected chi connectivity index (χ3v) is 9.89. The van der Waals surface area contributed by atoms with E-state index in [1.807, 2.05) is 0 Å². The van der Waals surface area contributed by atoms with Crippen LogP contribution in [0, 0.1) is 17.3 Å². The third kappa shape index (κ3) is 5.60. The highest BCUT2D eigenvalue weighted by Crippen LogP contribution is 2.53. The molecule has 0 amide bonds. The van der Waals surface area contributed by atoms with E-state index in [1.54, 1.807) is 12.5 Å². The van der Waals surface area contributed by atoms with Crippen LogP contribution in [-0.4, -0.2) is 83.9 Å². The number of likely N-dealkylation sites (tertiary alicyclic amines) is 1. The summed E-state index contributed by atoms with van der Waals surface area (Å²) in [6, 6.07) is 0.408. The highest BCUT2D eigenvalue weighted by Gasteiger charge is 2.62. The molecular formula is C25H49N7O2S. The summed E-state index contributed by atoms with van der Waals surface area (Å²) < 4.78 is 23.5. The van der Waals surface area contributed by atoms with Crippen LogP contribution in [0.2, 0.25) is 0 Å². The van der Waals surface area contributed by atoms with Crippen molar-refractivity contribution in [3.63, 3.8) is 0 Å². The molecule has 5 rings (SSSR count). The summed E-state index contributed by atoms with van der Waals surface area (Å²) in [5, 5.41) is 19.0. The van der Waals surface area contributed by atoms with Crippen molar-refractivity contribution >= 4 is 9.73 Å². The number of nitrogens with one attached hydrogen (secondary N) is 5. The van der Waals surface area contributed by atoms with Crippen molar-refractivity contribution in [2.75, 3.05) is 32.2 Å². The number of piperidine rings is 2. The van der Waals surface area contributed by atoms with E-state index in [-0.39, 0.29) is 35.8 Å². The maximum Gasteiger partial charge on any atom is 0.114 e. The molecule has 202 valence electrons. The summed E-state index contributed by atoms with van der Waals surface area (Å²) in [5.41, 5.74) is -0.0691. The van der Waals surface area contributed by atoms with Crippen LogP contribution in [0.5, 0.6) is 0 Å². The quantitative estimate of drug-likeness (QED) is 0.386. The number of ether oxygens (including phenoxy) is 1. The fraction of sp³-hybridized carbons (Fsp3) is 1.00. The molecule has 0 radical (unpaired) electrons. The molecule has 9 nitrogen and oxygen atoms in total. The lowest BCUT2D eigenvalue weighted by Crippen LogP contribution is -2.71. The first-order valence-corrected chi connectivity index (χ1v) is 16.1. The summed E-state index contributed by atoms with van der Waals surface area (Å²) in [4.78, 5) is 2.73. The lowest BCUT2D eigenvalue weighted by atomic mass is 9.69. The van der Waals surface area contributed by atoms with Gasteiger partial charge in [0.15, 0.2) is 0 Å². The van der Waals surface area contributed by atoms with Gasteiger partial charge in [0.2, 0.25) is 0 Å². The highest BCUT2D eigenvalue weighted by atomic mass is 32.2. The predicted octanol–water partition coefficient (Wildman–Crippen LogP) is 1.38. The van der Waals surface area contributed by atoms with Gasteiger partial charge in [0.05, 0.1) is 30.7 Å². The summed E-state index contributed by atoms with van der Waals surface area (Å²) in [7, 11) is -2.15. The van der Waals surface area contributed by atoms with Gasteiger partial charge in [-0.05, 0) is 64.8 Å². The Balaban J connectivity index is 1.39. The second kappa shape index (κ2) is 9.76. The van der Waals surface area contributed by atoms with Crippen molar-refractivity contribution in [1.29, 1.82) is 0 Å². The molecule has 5 fully saturated rings. The Labute approximate surface area is 212 Å². The van der Waals surface area contributed by atoms with Crippen LogP contribution >= 0.6 is 0 Å². The SMILES string of the molecule is CC1CCNC(NC2NCC3C(N2)N(C2CCCC(N=S(C)(C)=O)N2)[C@@H]2CC(C)(C)OC[C@]32C)C1. The summed E-state index contributed by atoms with van der Waals surface area (Å²) in [5.74, 6) is 1.19. The first-order chi connectivity index (χ1) is 16.4. The van der Waals surface area contributed by atoms with Crippen molar-refractivity contribution in [2.24, 2.45) is 21.6 Å². The van der Waals surface area contributed by atoms with E-state index in [1.165, 1.54) is 6.42 Å². The first kappa shape index (κ1) is 26.3. The van der Waals surface area contributed by atoms with Crippen LogP contribution in [0.15, 0.2) is 4.36 Å². The second-order valence-corrected chi connectivity index (χ2v) is 15.6. The molecule has 0 aromatic carbocycles. The molecule has 0 saturated carbocycles. The summed E-state index contributed by atoms with van der Waals surface area (Å²) in [6.07, 6.45) is 10.8. The molecule has 0 spiro atoms. The van der Waals surface area contributed by atoms with E-state index in [0.29, 0.717) is 18.1 Å². The maximum atomic E-state index is 12.5. The zero-order valence-corrected chi connectivity index (χ0v) is 23.4. The normalized spacial score (nSPS) is 46.6. The van der Waals surface area contributed by atoms with Gasteiger partial charge in [0, 0.05) is 46.2 Å². The van der Waals surface area contributed by atoms with E-state index < -0.39 is 9.73 Å². The summed E-state index contributed by atoms with van der Waals surface area (Å²) in [6.45, 7) is 12.1. The van der Waals surface area contributed by atoms with Crippen molar-refractivity contribution < 1.29 is 8.95 Å². The smallest absolute Gasteiger partial charge is 0.114 e. The average molecular weight is 512 g/mol. The van der Waals surface area contributed by atoms with Crippen LogP contribution in [0.25, 0.3) is 0 Å². The minimum absolute atomic E-state index is 0.0435. The lowest BCUT2D eigenvalue weighted by Gasteiger charge is -2.49. The lowest BCUT2D eigenvalue weighted by molar-refractivity contribution is -0.141. The predicted molar refractivity (Wildman–Crippen MR) is 141 cm³/mol. The molecule has 5 heterocycles. The molecule has 7 unspecified atom stereocenters. The van der Waals surface area contributed by atoms with Gasteiger partial charge in [-0.15, -0.1) is 0 Å². The van der Waals surface area contributed by atoms with E-state index in [2.05, 4.69) is 63.5 Å². The minimum Gasteiger partial charge on any atom is -0.375 e. The zero-order chi connectivity index (χ0) is 25.0. The van der Waals surface area contributed by atoms with Gasteiger partial charge in [-0.25, -0.2) is 4.36 Å². The van der Waals surface area contributed by atoms with Crippen molar-refractivity contribution in [1.82, 2.24) is 31.5 Å². The molecule has 0 bridgehead atoms. The molecule has 5 aliphatic rings. The van der Waals surface area contributed by atoms with Gasteiger partial charge in [-0.2, -0.15) is 0 Å². The molecule has 0 aromatic heterocycles. The van der Waals surface area contributed by atoms with Crippen LogP contribution in [0.3, 0.4) is 0 Å². The molecular weight excluding hydrogens is 462 g/mol. The highest BCUT2D eigenvalue weighted by molar-refractivity contribution is 7.92. The number of nitrogens with zero attached hydrogens (tertiary/aromatic N) is 2. The van der Waals surface area contributed by atoms with Gasteiger partial charge >= 0.3 is 0 Å². The van der Waals surface area contributed by atoms with Crippen LogP contribution in [0.1, 0.15) is 66.2 Å². The fourth-order valence-corrected chi connectivity index (χ4v) is 8.04. The molecule has 10 heteroatoms. The Morgan fingerprint density at radius 1 is 1.11 bits per heavy atom. The molecule has 0 aliphatic carbocycles. The van der Waals surface area contributed by atoms with Crippen LogP contribution < -0.4 is 26.6 Å². The Morgan fingerprint density at radius 3 is 2.66 bits per heavy atom. The molecule has 5 N–H and O–H groups in total. The van der Waals surface area contributed by atoms with Gasteiger partial charge < -0.3 is 10.1 Å². The van der Waals surface area contributed by atoms with Crippen molar-refractivity contribution in [3.05, 3.63) is 0 Å². The number of rotatable bonds is 4. The van der Waals surface area contributed by atoms with Crippen molar-refractivity contribution in [2.45, 2.75) is 109 Å². The van der Waals surface area contributed by atoms with Gasteiger partial charge in [-0.1, -0.05) is 13.8 Å². The third-order valence-electron chi connectivity index (χ3n) is 9.12. The van der Waals surface area contributed by atoms with Crippen molar-refractivity contribution in [3.8, 4) is 0 Å². The molecule has 35 heavy (non-hydrogen) atoms. The van der Waals surface area contributed by atoms with E-state index in [4.69, 9.17) is 4.74 Å². The fourth-order valence-electron chi connectivity index (χ4n) is 7.26. The minimum atomic E-state index is -2.15. The first-order valence-electron chi connectivity index (χ1n) is 13.8. The van der Waals surface area contributed by atoms with E-state index in [0.717, 1.165) is 57.7 Å². The van der Waals surface area contributed by atoms with E-state index >= 15 is 0 Å².